The molecular weight excluding hydrogens is 478 g/mol. The van der Waals surface area contributed by atoms with Crippen molar-refractivity contribution >= 4 is 24.2 Å². The van der Waals surface area contributed by atoms with Crippen LogP contribution in [0.15, 0.2) is 59.0 Å². The van der Waals surface area contributed by atoms with Crippen LogP contribution in [0.2, 0.25) is 18.1 Å². The zero-order chi connectivity index (χ0) is 26.1. The highest BCUT2D eigenvalue weighted by Gasteiger charge is 2.47. The van der Waals surface area contributed by atoms with E-state index >= 15 is 0 Å². The Morgan fingerprint density at radius 1 is 1.11 bits per heavy atom. The Kier molecular flexibility index (Phi) is 7.89. The molecule has 3 rings (SSSR count). The summed E-state index contributed by atoms with van der Waals surface area (Å²) in [7, 11) is -5.81. The second-order valence-electron chi connectivity index (χ2n) is 11.4. The van der Waals surface area contributed by atoms with E-state index in [0.29, 0.717) is 18.6 Å². The summed E-state index contributed by atoms with van der Waals surface area (Å²) in [5.41, 5.74) is 0.505. The van der Waals surface area contributed by atoms with Gasteiger partial charge in [0.1, 0.15) is 16.6 Å². The summed E-state index contributed by atoms with van der Waals surface area (Å²) in [6, 6.07) is 16.3. The minimum Gasteiger partial charge on any atom is -0.508 e. The Hall–Kier alpha value is -2.16. The van der Waals surface area contributed by atoms with Crippen molar-refractivity contribution in [3.05, 3.63) is 65.7 Å². The number of sulfonamides is 1. The highest BCUT2D eigenvalue weighted by molar-refractivity contribution is 7.90. The third kappa shape index (κ3) is 6.54. The molecule has 2 aromatic rings. The molecule has 0 aliphatic carbocycles. The van der Waals surface area contributed by atoms with Crippen LogP contribution in [0.1, 0.15) is 69.8 Å². The number of rotatable bonds is 8. The van der Waals surface area contributed by atoms with E-state index in [4.69, 9.17) is 9.16 Å². The van der Waals surface area contributed by atoms with E-state index in [1.807, 2.05) is 18.2 Å². The number of phenolic OH excluding ortho intramolecular Hbond substituents is 1. The third-order valence-electron chi connectivity index (χ3n) is 7.14. The number of benzene rings is 2. The quantitative estimate of drug-likeness (QED) is 0.401. The molecule has 0 radical (unpaired) electrons. The van der Waals surface area contributed by atoms with Gasteiger partial charge in [0.05, 0.1) is 0 Å². The van der Waals surface area contributed by atoms with E-state index in [1.54, 1.807) is 26.0 Å². The van der Waals surface area contributed by atoms with Crippen molar-refractivity contribution in [3.8, 4) is 5.75 Å². The van der Waals surface area contributed by atoms with Gasteiger partial charge in [-0.1, -0.05) is 63.2 Å². The Labute approximate surface area is 211 Å². The van der Waals surface area contributed by atoms with Crippen LogP contribution >= 0.6 is 0 Å². The van der Waals surface area contributed by atoms with Gasteiger partial charge in [0, 0.05) is 13.0 Å². The highest BCUT2D eigenvalue weighted by atomic mass is 32.2. The van der Waals surface area contributed by atoms with E-state index in [0.717, 1.165) is 12.0 Å². The number of aromatic hydroxyl groups is 1. The monoisotopic (exact) mass is 517 g/mol. The van der Waals surface area contributed by atoms with Crippen LogP contribution in [-0.4, -0.2) is 39.9 Å². The lowest BCUT2D eigenvalue weighted by Crippen LogP contribution is -2.43. The van der Waals surface area contributed by atoms with Crippen molar-refractivity contribution in [2.45, 2.75) is 82.4 Å². The molecule has 0 bridgehead atoms. The number of hydrogen-bond acceptors (Lipinski definition) is 5. The molecule has 1 heterocycles. The molecule has 2 atom stereocenters. The van der Waals surface area contributed by atoms with Gasteiger partial charge < -0.3 is 14.3 Å². The summed E-state index contributed by atoms with van der Waals surface area (Å²) in [5.74, 6) is 0.227. The zero-order valence-electron chi connectivity index (χ0n) is 21.9. The lowest BCUT2D eigenvalue weighted by atomic mass is 9.92. The maximum absolute atomic E-state index is 13.3. The molecule has 35 heavy (non-hydrogen) atoms. The molecule has 0 spiro atoms. The predicted octanol–water partition coefficient (Wildman–Crippen LogP) is 6.56. The van der Waals surface area contributed by atoms with Crippen molar-refractivity contribution < 1.29 is 22.7 Å². The number of ether oxygens (including phenoxy) is 1. The summed E-state index contributed by atoms with van der Waals surface area (Å²) >= 11 is 0. The van der Waals surface area contributed by atoms with E-state index in [9.17, 15) is 13.5 Å². The van der Waals surface area contributed by atoms with Crippen molar-refractivity contribution in [1.82, 2.24) is 0 Å². The second-order valence-corrected chi connectivity index (χ2v) is 17.9. The summed E-state index contributed by atoms with van der Waals surface area (Å²) in [4.78, 5) is 0. The van der Waals surface area contributed by atoms with E-state index in [2.05, 4.69) is 50.4 Å². The third-order valence-corrected chi connectivity index (χ3v) is 13.6. The molecule has 8 heteroatoms. The summed E-state index contributed by atoms with van der Waals surface area (Å²) in [6.07, 6.45) is 1.09. The van der Waals surface area contributed by atoms with Gasteiger partial charge in [-0.15, -0.1) is 4.40 Å². The standard InChI is InChI=1S/C27H39NO5SSi/c1-26(2,3)35(6,7)32-17-16-21(20-12-9-8-10-13-20)19-24-28-34(30,31)25(27(4,5)33-24)22-14-11-15-23(29)18-22/h8-15,18,21,25,29H,16-17,19H2,1-7H3/t21-,25?/m1/s1. The SMILES string of the molecule is CC1(C)OC(C[C@@H](CCO[Si](C)(C)C(C)(C)C)c2ccccc2)=NS(=O)(=O)C1c1cccc(O)c1. The minimum absolute atomic E-state index is 0.00281. The smallest absolute Gasteiger partial charge is 0.267 e. The van der Waals surface area contributed by atoms with Crippen LogP contribution in [0, 0.1) is 0 Å². The molecule has 1 N–H and O–H groups in total. The van der Waals surface area contributed by atoms with Gasteiger partial charge in [0.15, 0.2) is 8.32 Å². The van der Waals surface area contributed by atoms with Crippen LogP contribution in [-0.2, 0) is 19.2 Å². The molecule has 1 aliphatic rings. The van der Waals surface area contributed by atoms with Crippen molar-refractivity contribution in [2.75, 3.05) is 6.61 Å². The molecule has 192 valence electrons. The number of nitrogens with zero attached hydrogens (tertiary/aromatic N) is 1. The average molecular weight is 518 g/mol. The van der Waals surface area contributed by atoms with Crippen LogP contribution in [0.4, 0.5) is 0 Å². The maximum Gasteiger partial charge on any atom is 0.267 e. The summed E-state index contributed by atoms with van der Waals surface area (Å²) in [6.45, 7) is 15.2. The van der Waals surface area contributed by atoms with Crippen molar-refractivity contribution in [3.63, 3.8) is 0 Å². The molecule has 6 nitrogen and oxygen atoms in total. The highest BCUT2D eigenvalue weighted by Crippen LogP contribution is 2.43. The largest absolute Gasteiger partial charge is 0.508 e. The van der Waals surface area contributed by atoms with Gasteiger partial charge in [0.2, 0.25) is 5.90 Å². The van der Waals surface area contributed by atoms with Crippen LogP contribution < -0.4 is 0 Å². The Morgan fingerprint density at radius 2 is 1.77 bits per heavy atom. The number of phenols is 1. The summed E-state index contributed by atoms with van der Waals surface area (Å²) < 4.78 is 43.4. The first-order valence-electron chi connectivity index (χ1n) is 12.1. The van der Waals surface area contributed by atoms with Crippen molar-refractivity contribution in [1.29, 1.82) is 0 Å². The maximum atomic E-state index is 13.3. The van der Waals surface area contributed by atoms with Gasteiger partial charge in [-0.2, -0.15) is 0 Å². The van der Waals surface area contributed by atoms with Crippen LogP contribution in [0.3, 0.4) is 0 Å². The van der Waals surface area contributed by atoms with Gasteiger partial charge >= 0.3 is 0 Å². The fourth-order valence-corrected chi connectivity index (χ4v) is 7.08. The first-order valence-corrected chi connectivity index (χ1v) is 16.5. The lowest BCUT2D eigenvalue weighted by molar-refractivity contribution is 0.0797. The average Bonchev–Trinajstić information content (AvgIpc) is 2.71. The molecule has 1 unspecified atom stereocenters. The van der Waals surface area contributed by atoms with Gasteiger partial charge in [-0.3, -0.25) is 0 Å². The second kappa shape index (κ2) is 10.1. The van der Waals surface area contributed by atoms with Gasteiger partial charge in [-0.05, 0) is 67.6 Å². The lowest BCUT2D eigenvalue weighted by Gasteiger charge is -2.38. The van der Waals surface area contributed by atoms with Crippen LogP contribution in [0.25, 0.3) is 0 Å². The fraction of sp³-hybridized carbons (Fsp3) is 0.519. The van der Waals surface area contributed by atoms with E-state index < -0.39 is 29.2 Å². The minimum atomic E-state index is -3.91. The van der Waals surface area contributed by atoms with Gasteiger partial charge in [-0.25, -0.2) is 8.42 Å². The normalized spacial score (nSPS) is 20.5. The molecular formula is C27H39NO5SSi. The first kappa shape index (κ1) is 27.4. The van der Waals surface area contributed by atoms with E-state index in [-0.39, 0.29) is 22.6 Å². The Morgan fingerprint density at radius 3 is 2.34 bits per heavy atom. The molecule has 2 aromatic carbocycles. The Balaban J connectivity index is 1.86. The molecule has 0 saturated carbocycles. The molecule has 0 aromatic heterocycles. The molecule has 1 aliphatic heterocycles. The predicted molar refractivity (Wildman–Crippen MR) is 144 cm³/mol. The molecule has 0 fully saturated rings. The van der Waals surface area contributed by atoms with Crippen molar-refractivity contribution in [2.24, 2.45) is 4.40 Å². The topological polar surface area (TPSA) is 85.2 Å². The van der Waals surface area contributed by atoms with E-state index in [1.165, 1.54) is 12.1 Å². The first-order chi connectivity index (χ1) is 16.1. The zero-order valence-corrected chi connectivity index (χ0v) is 23.7. The molecule has 0 amide bonds. The van der Waals surface area contributed by atoms with Crippen LogP contribution in [0.5, 0.6) is 5.75 Å². The number of hydrogen-bond donors (Lipinski definition) is 1. The fourth-order valence-electron chi connectivity index (χ4n) is 4.26. The van der Waals surface area contributed by atoms with Gasteiger partial charge in [0.25, 0.3) is 10.0 Å². The molecule has 0 saturated heterocycles. The summed E-state index contributed by atoms with van der Waals surface area (Å²) in [5, 5.41) is 9.00. The Bertz CT molecular complexity index is 1150.